The molecule has 4 aliphatic rings. The lowest BCUT2D eigenvalue weighted by Gasteiger charge is -2.68. The predicted octanol–water partition coefficient (Wildman–Crippen LogP) is 8.21. The molecule has 11 atom stereocenters. The minimum Gasteiger partial charge on any atom is -0.137 e. The Hall–Kier alpha value is 0.430. The van der Waals surface area contributed by atoms with Crippen LogP contribution in [0.2, 0.25) is 0 Å². The summed E-state index contributed by atoms with van der Waals surface area (Å²) < 4.78 is 0. The van der Waals surface area contributed by atoms with E-state index in [1.165, 1.54) is 63.9 Å². The van der Waals surface area contributed by atoms with Crippen LogP contribution in [0.4, 0.5) is 0 Å². The first-order chi connectivity index (χ1) is 13.2. The molecule has 0 amide bonds. The van der Waals surface area contributed by atoms with Crippen molar-refractivity contribution in [3.63, 3.8) is 0 Å². The Balaban J connectivity index is 1.62. The molecule has 0 N–H and O–H groups in total. The smallest absolute Gasteiger partial charge is 0.0238 e. The van der Waals surface area contributed by atoms with Crippen LogP contribution in [0.15, 0.2) is 0 Å². The Labute approximate surface area is 179 Å². The molecule has 0 nitrogen and oxygen atoms in total. The van der Waals surface area contributed by atoms with Crippen molar-refractivity contribution in [1.82, 2.24) is 0 Å². The van der Waals surface area contributed by atoms with Crippen LogP contribution in [0.3, 0.4) is 0 Å². The minimum atomic E-state index is 0.578. The molecule has 1 heteroatoms. The third-order valence-electron chi connectivity index (χ3n) is 11.9. The molecule has 0 heterocycles. The summed E-state index contributed by atoms with van der Waals surface area (Å²) >= 11 is 0. The van der Waals surface area contributed by atoms with E-state index >= 15 is 0 Å². The number of rotatable bonds is 4. The van der Waals surface area contributed by atoms with Gasteiger partial charge in [-0.3, -0.25) is 0 Å². The van der Waals surface area contributed by atoms with Crippen LogP contribution in [0.1, 0.15) is 106 Å². The van der Waals surface area contributed by atoms with Crippen molar-refractivity contribution >= 4 is 9.24 Å². The molecule has 4 aliphatic carbocycles. The van der Waals surface area contributed by atoms with Crippen molar-refractivity contribution in [2.75, 3.05) is 6.16 Å². The zero-order chi connectivity index (χ0) is 20.3. The van der Waals surface area contributed by atoms with Gasteiger partial charge in [0.25, 0.3) is 0 Å². The third kappa shape index (κ3) is 2.93. The van der Waals surface area contributed by atoms with Gasteiger partial charge in [-0.05, 0) is 115 Å². The van der Waals surface area contributed by atoms with Crippen LogP contribution in [-0.2, 0) is 0 Å². The molecule has 162 valence electrons. The first-order valence-electron chi connectivity index (χ1n) is 12.9. The Kier molecular flexibility index (Phi) is 5.83. The van der Waals surface area contributed by atoms with Crippen LogP contribution in [0.25, 0.3) is 0 Å². The van der Waals surface area contributed by atoms with Crippen LogP contribution in [0, 0.1) is 57.7 Å². The van der Waals surface area contributed by atoms with Gasteiger partial charge < -0.3 is 0 Å². The number of fused-ring (bicyclic) bond motifs is 5. The normalized spacial score (nSPS) is 54.5. The third-order valence-corrected chi connectivity index (χ3v) is 12.6. The zero-order valence-corrected chi connectivity index (χ0v) is 21.1. The van der Waals surface area contributed by atoms with Crippen molar-refractivity contribution in [3.8, 4) is 0 Å². The second kappa shape index (κ2) is 7.53. The van der Waals surface area contributed by atoms with Crippen LogP contribution in [0.5, 0.6) is 0 Å². The lowest BCUT2D eigenvalue weighted by atomic mass is 9.37. The van der Waals surface area contributed by atoms with Gasteiger partial charge in [0, 0.05) is 0 Å². The van der Waals surface area contributed by atoms with Gasteiger partial charge in [-0.2, -0.15) is 0 Å². The molecule has 4 fully saturated rings. The summed E-state index contributed by atoms with van der Waals surface area (Å²) in [6.45, 7) is 15.8. The van der Waals surface area contributed by atoms with E-state index in [4.69, 9.17) is 0 Å². The monoisotopic (exact) mass is 404 g/mol. The zero-order valence-electron chi connectivity index (χ0n) is 19.9. The maximum atomic E-state index is 3.06. The van der Waals surface area contributed by atoms with E-state index in [1.807, 2.05) is 0 Å². The second-order valence-corrected chi connectivity index (χ2v) is 13.2. The maximum Gasteiger partial charge on any atom is -0.0238 e. The highest BCUT2D eigenvalue weighted by atomic mass is 31.0. The van der Waals surface area contributed by atoms with E-state index in [1.54, 1.807) is 6.42 Å². The predicted molar refractivity (Wildman–Crippen MR) is 127 cm³/mol. The van der Waals surface area contributed by atoms with Crippen LogP contribution in [-0.4, -0.2) is 6.16 Å². The van der Waals surface area contributed by atoms with E-state index < -0.39 is 0 Å². The van der Waals surface area contributed by atoms with Gasteiger partial charge >= 0.3 is 0 Å². The summed E-state index contributed by atoms with van der Waals surface area (Å²) in [6.07, 6.45) is 16.3. The Morgan fingerprint density at radius 1 is 0.964 bits per heavy atom. The molecule has 0 bridgehead atoms. The quantitative estimate of drug-likeness (QED) is 0.414. The SMILES string of the molecule is CCCC(C)C1CCC2C3CC(C)C4(C)CC(CP)CCC4(C)C3CCC12C. The van der Waals surface area contributed by atoms with Gasteiger partial charge in [0.15, 0.2) is 0 Å². The Morgan fingerprint density at radius 2 is 1.71 bits per heavy atom. The van der Waals surface area contributed by atoms with E-state index in [0.717, 1.165) is 41.4 Å². The van der Waals surface area contributed by atoms with Gasteiger partial charge in [0.1, 0.15) is 0 Å². The van der Waals surface area contributed by atoms with Gasteiger partial charge in [-0.1, -0.05) is 54.4 Å². The van der Waals surface area contributed by atoms with Crippen molar-refractivity contribution in [2.24, 2.45) is 57.7 Å². The lowest BCUT2D eigenvalue weighted by Crippen LogP contribution is -2.60. The van der Waals surface area contributed by atoms with E-state index in [9.17, 15) is 0 Å². The van der Waals surface area contributed by atoms with Gasteiger partial charge in [-0.25, -0.2) is 0 Å². The van der Waals surface area contributed by atoms with Crippen LogP contribution >= 0.6 is 9.24 Å². The fraction of sp³-hybridized carbons (Fsp3) is 1.00. The first-order valence-corrected chi connectivity index (χ1v) is 13.7. The summed E-state index contributed by atoms with van der Waals surface area (Å²) in [4.78, 5) is 0. The molecule has 28 heavy (non-hydrogen) atoms. The molecular weight excluding hydrogens is 355 g/mol. The minimum absolute atomic E-state index is 0.578. The molecule has 0 spiro atoms. The molecule has 0 aromatic rings. The standard InChI is InChI=1S/C27H49P/c1-7-8-18(2)22-9-10-23-21-15-19(3)27(6)16-20(17-28)11-14-26(27,5)24(21)12-13-25(22,23)4/h18-24H,7-17,28H2,1-6H3. The lowest BCUT2D eigenvalue weighted by molar-refractivity contribution is -0.186. The highest BCUT2D eigenvalue weighted by Gasteiger charge is 2.65. The highest BCUT2D eigenvalue weighted by Crippen LogP contribution is 2.72. The van der Waals surface area contributed by atoms with Crippen molar-refractivity contribution in [1.29, 1.82) is 0 Å². The highest BCUT2D eigenvalue weighted by molar-refractivity contribution is 7.16. The Morgan fingerprint density at radius 3 is 2.39 bits per heavy atom. The Bertz CT molecular complexity index is 571. The average molecular weight is 405 g/mol. The topological polar surface area (TPSA) is 0 Å². The molecule has 0 aliphatic heterocycles. The van der Waals surface area contributed by atoms with Crippen molar-refractivity contribution in [2.45, 2.75) is 106 Å². The summed E-state index contributed by atoms with van der Waals surface area (Å²) in [5.74, 6) is 6.88. The van der Waals surface area contributed by atoms with Crippen LogP contribution < -0.4 is 0 Å². The molecule has 4 rings (SSSR count). The second-order valence-electron chi connectivity index (χ2n) is 12.7. The molecule has 11 unspecified atom stereocenters. The van der Waals surface area contributed by atoms with Gasteiger partial charge in [0.05, 0.1) is 0 Å². The van der Waals surface area contributed by atoms with Gasteiger partial charge in [0.2, 0.25) is 0 Å². The maximum absolute atomic E-state index is 3.06. The first kappa shape index (κ1) is 21.7. The molecule has 0 aromatic heterocycles. The largest absolute Gasteiger partial charge is 0.137 e. The molecule has 0 aromatic carbocycles. The fourth-order valence-electron chi connectivity index (χ4n) is 10.0. The summed E-state index contributed by atoms with van der Waals surface area (Å²) in [6, 6.07) is 0. The van der Waals surface area contributed by atoms with Crippen molar-refractivity contribution < 1.29 is 0 Å². The molecule has 0 radical (unpaired) electrons. The average Bonchev–Trinajstić information content (AvgIpc) is 3.01. The fourth-order valence-corrected chi connectivity index (χ4v) is 10.4. The number of hydrogen-bond acceptors (Lipinski definition) is 0. The molecular formula is C27H49P. The summed E-state index contributed by atoms with van der Waals surface area (Å²) in [5.41, 5.74) is 1.83. The van der Waals surface area contributed by atoms with Gasteiger partial charge in [-0.15, -0.1) is 9.24 Å². The summed E-state index contributed by atoms with van der Waals surface area (Å²) in [5, 5.41) is 0. The molecule has 0 saturated heterocycles. The number of hydrogen-bond donors (Lipinski definition) is 0. The van der Waals surface area contributed by atoms with Crippen molar-refractivity contribution in [3.05, 3.63) is 0 Å². The molecule has 4 saturated carbocycles. The summed E-state index contributed by atoms with van der Waals surface area (Å²) in [7, 11) is 3.06. The van der Waals surface area contributed by atoms with E-state index in [-0.39, 0.29) is 0 Å². The van der Waals surface area contributed by atoms with E-state index in [0.29, 0.717) is 16.2 Å². The van der Waals surface area contributed by atoms with E-state index in [2.05, 4.69) is 50.8 Å².